The zero-order chi connectivity index (χ0) is 13.3. The molecule has 0 bridgehead atoms. The molecule has 1 aromatic carbocycles. The topological polar surface area (TPSA) is 83.8 Å². The predicted molar refractivity (Wildman–Crippen MR) is 65.8 cm³/mol. The minimum absolute atomic E-state index is 0.156. The fourth-order valence-electron chi connectivity index (χ4n) is 2.22. The van der Waals surface area contributed by atoms with Crippen LogP contribution in [0, 0.1) is 0 Å². The number of hydrogen-bond donors (Lipinski definition) is 2. The number of benzene rings is 1. The van der Waals surface area contributed by atoms with Gasteiger partial charge in [0.2, 0.25) is 0 Å². The molecule has 0 saturated heterocycles. The smallest absolute Gasteiger partial charge is 0.314 e. The van der Waals surface area contributed by atoms with E-state index in [4.69, 9.17) is 9.84 Å². The molecule has 0 saturated carbocycles. The summed E-state index contributed by atoms with van der Waals surface area (Å²) in [7, 11) is 0. The van der Waals surface area contributed by atoms with Crippen molar-refractivity contribution in [3.63, 3.8) is 0 Å². The minimum Gasteiger partial charge on any atom is -0.493 e. The lowest BCUT2D eigenvalue weighted by atomic mass is 9.73. The molecule has 1 aliphatic heterocycles. The highest BCUT2D eigenvalue weighted by Crippen LogP contribution is 2.42. The summed E-state index contributed by atoms with van der Waals surface area (Å²) in [6.07, 6.45) is -0.288. The Hall–Kier alpha value is -1.56. The SMILES string of the molecule is O=C(O)CC1(C(=O)O)CCOc2cc(Br)ccc21. The minimum atomic E-state index is -1.40. The van der Waals surface area contributed by atoms with Crippen molar-refractivity contribution in [3.05, 3.63) is 28.2 Å². The Morgan fingerprint density at radius 2 is 2.11 bits per heavy atom. The fourth-order valence-corrected chi connectivity index (χ4v) is 2.56. The molecule has 18 heavy (non-hydrogen) atoms. The number of carboxylic acids is 2. The molecule has 0 aromatic heterocycles. The van der Waals surface area contributed by atoms with E-state index in [1.165, 1.54) is 0 Å². The highest BCUT2D eigenvalue weighted by atomic mass is 79.9. The van der Waals surface area contributed by atoms with Gasteiger partial charge in [-0.25, -0.2) is 0 Å². The number of hydrogen-bond acceptors (Lipinski definition) is 3. The van der Waals surface area contributed by atoms with E-state index < -0.39 is 23.8 Å². The molecule has 1 heterocycles. The van der Waals surface area contributed by atoms with Crippen LogP contribution in [0.3, 0.4) is 0 Å². The Labute approximate surface area is 112 Å². The first-order chi connectivity index (χ1) is 8.45. The lowest BCUT2D eigenvalue weighted by Crippen LogP contribution is -2.42. The number of aliphatic carboxylic acids is 2. The number of fused-ring (bicyclic) bond motifs is 1. The maximum atomic E-state index is 11.5. The van der Waals surface area contributed by atoms with Crippen molar-refractivity contribution in [1.29, 1.82) is 0 Å². The van der Waals surface area contributed by atoms with Crippen LogP contribution in [0.15, 0.2) is 22.7 Å². The molecule has 96 valence electrons. The Bertz CT molecular complexity index is 513. The van der Waals surface area contributed by atoms with E-state index in [1.807, 2.05) is 0 Å². The van der Waals surface area contributed by atoms with Crippen LogP contribution in [0.2, 0.25) is 0 Å². The molecule has 1 unspecified atom stereocenters. The van der Waals surface area contributed by atoms with Gasteiger partial charge in [0.15, 0.2) is 0 Å². The summed E-state index contributed by atoms with van der Waals surface area (Å²) in [6, 6.07) is 4.96. The van der Waals surface area contributed by atoms with Gasteiger partial charge in [-0.15, -0.1) is 0 Å². The second kappa shape index (κ2) is 4.61. The first-order valence-corrected chi connectivity index (χ1v) is 6.13. The standard InChI is InChI=1S/C12H11BrO5/c13-7-1-2-8-9(5-7)18-4-3-12(8,11(16)17)6-10(14)15/h1-2,5H,3-4,6H2,(H,14,15)(H,16,17). The molecule has 1 aliphatic rings. The van der Waals surface area contributed by atoms with Crippen molar-refractivity contribution in [2.24, 2.45) is 0 Å². The third kappa shape index (κ3) is 2.08. The maximum Gasteiger partial charge on any atom is 0.314 e. The zero-order valence-electron chi connectivity index (χ0n) is 9.35. The van der Waals surface area contributed by atoms with Crippen molar-refractivity contribution in [2.45, 2.75) is 18.3 Å². The monoisotopic (exact) mass is 314 g/mol. The molecule has 2 rings (SSSR count). The lowest BCUT2D eigenvalue weighted by molar-refractivity contribution is -0.151. The van der Waals surface area contributed by atoms with E-state index >= 15 is 0 Å². The van der Waals surface area contributed by atoms with Gasteiger partial charge in [0, 0.05) is 16.5 Å². The van der Waals surface area contributed by atoms with Crippen LogP contribution in [0.5, 0.6) is 5.75 Å². The van der Waals surface area contributed by atoms with E-state index in [1.54, 1.807) is 18.2 Å². The number of rotatable bonds is 3. The summed E-state index contributed by atoms with van der Waals surface area (Å²) in [5.74, 6) is -1.83. The molecule has 1 aromatic rings. The van der Waals surface area contributed by atoms with Crippen LogP contribution in [0.25, 0.3) is 0 Å². The molecule has 1 atom stereocenters. The third-order valence-corrected chi connectivity index (χ3v) is 3.60. The largest absolute Gasteiger partial charge is 0.493 e. The highest BCUT2D eigenvalue weighted by molar-refractivity contribution is 9.10. The quantitative estimate of drug-likeness (QED) is 0.891. The second-order valence-corrected chi connectivity index (χ2v) is 5.11. The number of carbonyl (C=O) groups is 2. The van der Waals surface area contributed by atoms with Crippen LogP contribution in [-0.2, 0) is 15.0 Å². The van der Waals surface area contributed by atoms with Gasteiger partial charge in [0.05, 0.1) is 13.0 Å². The van der Waals surface area contributed by atoms with Gasteiger partial charge in [-0.05, 0) is 12.1 Å². The van der Waals surface area contributed by atoms with Gasteiger partial charge < -0.3 is 14.9 Å². The molecule has 0 fully saturated rings. The van der Waals surface area contributed by atoms with Crippen molar-refractivity contribution in [3.8, 4) is 5.75 Å². The summed E-state index contributed by atoms with van der Waals surface area (Å²) in [4.78, 5) is 22.5. The van der Waals surface area contributed by atoms with Crippen LogP contribution in [0.4, 0.5) is 0 Å². The number of ether oxygens (including phenoxy) is 1. The molecular formula is C12H11BrO5. The van der Waals surface area contributed by atoms with Crippen molar-refractivity contribution >= 4 is 27.9 Å². The van der Waals surface area contributed by atoms with Gasteiger partial charge in [0.25, 0.3) is 0 Å². The first kappa shape index (κ1) is 12.9. The summed E-state index contributed by atoms with van der Waals surface area (Å²) >= 11 is 3.27. The molecule has 0 radical (unpaired) electrons. The number of carboxylic acid groups (broad SMARTS) is 2. The summed E-state index contributed by atoms with van der Waals surface area (Å²) in [5.41, 5.74) is -0.980. The Morgan fingerprint density at radius 1 is 1.39 bits per heavy atom. The summed E-state index contributed by atoms with van der Waals surface area (Å²) in [5, 5.41) is 18.4. The van der Waals surface area contributed by atoms with Crippen LogP contribution >= 0.6 is 15.9 Å². The molecule has 2 N–H and O–H groups in total. The molecule has 0 aliphatic carbocycles. The second-order valence-electron chi connectivity index (χ2n) is 4.20. The Morgan fingerprint density at radius 3 is 2.72 bits per heavy atom. The van der Waals surface area contributed by atoms with E-state index in [-0.39, 0.29) is 13.0 Å². The van der Waals surface area contributed by atoms with Gasteiger partial charge in [0.1, 0.15) is 11.2 Å². The highest BCUT2D eigenvalue weighted by Gasteiger charge is 2.46. The average molecular weight is 315 g/mol. The number of halogens is 1. The van der Waals surface area contributed by atoms with E-state index in [9.17, 15) is 14.7 Å². The van der Waals surface area contributed by atoms with Crippen LogP contribution < -0.4 is 4.74 Å². The van der Waals surface area contributed by atoms with Crippen LogP contribution in [0.1, 0.15) is 18.4 Å². The van der Waals surface area contributed by atoms with Gasteiger partial charge in [-0.3, -0.25) is 9.59 Å². The summed E-state index contributed by atoms with van der Waals surface area (Å²) < 4.78 is 6.17. The molecule has 6 heteroatoms. The van der Waals surface area contributed by atoms with Gasteiger partial charge in [-0.1, -0.05) is 22.0 Å². The van der Waals surface area contributed by atoms with E-state index in [0.717, 1.165) is 4.47 Å². The summed E-state index contributed by atoms with van der Waals surface area (Å²) in [6.45, 7) is 0.197. The molecular weight excluding hydrogens is 304 g/mol. The molecule has 5 nitrogen and oxygen atoms in total. The van der Waals surface area contributed by atoms with Crippen LogP contribution in [-0.4, -0.2) is 28.8 Å². The first-order valence-electron chi connectivity index (χ1n) is 5.34. The Balaban J connectivity index is 2.57. The van der Waals surface area contributed by atoms with E-state index in [0.29, 0.717) is 11.3 Å². The third-order valence-electron chi connectivity index (χ3n) is 3.11. The molecule has 0 spiro atoms. The van der Waals surface area contributed by atoms with Gasteiger partial charge >= 0.3 is 11.9 Å². The lowest BCUT2D eigenvalue weighted by Gasteiger charge is -2.34. The zero-order valence-corrected chi connectivity index (χ0v) is 10.9. The van der Waals surface area contributed by atoms with Crippen molar-refractivity contribution in [2.75, 3.05) is 6.61 Å². The molecule has 0 amide bonds. The van der Waals surface area contributed by atoms with Gasteiger partial charge in [-0.2, -0.15) is 0 Å². The fraction of sp³-hybridized carbons (Fsp3) is 0.333. The normalized spacial score (nSPS) is 21.8. The predicted octanol–water partition coefficient (Wildman–Crippen LogP) is 2.03. The average Bonchev–Trinajstić information content (AvgIpc) is 2.27. The van der Waals surface area contributed by atoms with E-state index in [2.05, 4.69) is 15.9 Å². The van der Waals surface area contributed by atoms with Crippen molar-refractivity contribution < 1.29 is 24.5 Å². The maximum absolute atomic E-state index is 11.5. The Kier molecular flexibility index (Phi) is 3.30. The van der Waals surface area contributed by atoms with Crippen molar-refractivity contribution in [1.82, 2.24) is 0 Å².